The quantitative estimate of drug-likeness (QED) is 0.719. The van der Waals surface area contributed by atoms with E-state index in [9.17, 15) is 0 Å². The molecule has 1 N–H and O–H groups in total. The summed E-state index contributed by atoms with van der Waals surface area (Å²) in [6, 6.07) is 6.22. The largest absolute Gasteiger partial charge is 0.497 e. The Hall–Kier alpha value is -1.26. The van der Waals surface area contributed by atoms with E-state index in [1.807, 2.05) is 12.1 Å². The van der Waals surface area contributed by atoms with Crippen LogP contribution in [0.3, 0.4) is 0 Å². The third-order valence-electron chi connectivity index (χ3n) is 3.65. The van der Waals surface area contributed by atoms with Gasteiger partial charge in [0.2, 0.25) is 0 Å². The number of hydrogen-bond acceptors (Lipinski definition) is 4. The van der Waals surface area contributed by atoms with Gasteiger partial charge in [-0.3, -0.25) is 0 Å². The first kappa shape index (κ1) is 17.8. The minimum Gasteiger partial charge on any atom is -0.497 e. The van der Waals surface area contributed by atoms with Crippen LogP contribution < -0.4 is 14.8 Å². The zero-order valence-corrected chi connectivity index (χ0v) is 14.1. The van der Waals surface area contributed by atoms with E-state index in [4.69, 9.17) is 9.47 Å². The number of nitrogens with zero attached hydrogens (tertiary/aromatic N) is 1. The van der Waals surface area contributed by atoms with Crippen LogP contribution in [0.15, 0.2) is 18.2 Å². The summed E-state index contributed by atoms with van der Waals surface area (Å²) in [6.45, 7) is 7.35. The Morgan fingerprint density at radius 1 is 1.19 bits per heavy atom. The predicted octanol–water partition coefficient (Wildman–Crippen LogP) is 3.09. The summed E-state index contributed by atoms with van der Waals surface area (Å²) in [5.74, 6) is 1.77. The summed E-state index contributed by atoms with van der Waals surface area (Å²) in [7, 11) is 5.59. The fourth-order valence-electron chi connectivity index (χ4n) is 2.46. The number of ether oxygens (including phenoxy) is 2. The minimum absolute atomic E-state index is 0.238. The highest BCUT2D eigenvalue weighted by molar-refractivity contribution is 5.42. The average Bonchev–Trinajstić information content (AvgIpc) is 2.51. The first-order valence-corrected chi connectivity index (χ1v) is 7.80. The summed E-state index contributed by atoms with van der Waals surface area (Å²) in [6.07, 6.45) is 2.45. The highest BCUT2D eigenvalue weighted by atomic mass is 16.5. The summed E-state index contributed by atoms with van der Waals surface area (Å²) >= 11 is 0. The molecule has 0 aromatic heterocycles. The third kappa shape index (κ3) is 5.56. The van der Waals surface area contributed by atoms with Crippen molar-refractivity contribution in [2.75, 3.05) is 40.9 Å². The van der Waals surface area contributed by atoms with Crippen molar-refractivity contribution in [3.05, 3.63) is 23.8 Å². The molecule has 0 bridgehead atoms. The van der Waals surface area contributed by atoms with Crippen molar-refractivity contribution in [3.63, 3.8) is 0 Å². The fraction of sp³-hybridized carbons (Fsp3) is 0.647. The van der Waals surface area contributed by atoms with Gasteiger partial charge in [-0.25, -0.2) is 0 Å². The molecule has 4 heteroatoms. The van der Waals surface area contributed by atoms with Crippen LogP contribution >= 0.6 is 0 Å². The topological polar surface area (TPSA) is 33.7 Å². The van der Waals surface area contributed by atoms with E-state index < -0.39 is 0 Å². The molecule has 120 valence electrons. The molecule has 1 aromatic carbocycles. The summed E-state index contributed by atoms with van der Waals surface area (Å²) < 4.78 is 10.9. The van der Waals surface area contributed by atoms with Crippen LogP contribution in [0.5, 0.6) is 11.5 Å². The van der Waals surface area contributed by atoms with E-state index in [-0.39, 0.29) is 6.04 Å². The molecule has 0 aliphatic rings. The van der Waals surface area contributed by atoms with E-state index in [1.165, 1.54) is 12.8 Å². The van der Waals surface area contributed by atoms with Gasteiger partial charge < -0.3 is 19.7 Å². The molecule has 0 fully saturated rings. The van der Waals surface area contributed by atoms with Crippen LogP contribution in [0.4, 0.5) is 0 Å². The number of nitrogens with one attached hydrogen (secondary N) is 1. The zero-order valence-electron chi connectivity index (χ0n) is 14.1. The molecule has 0 radical (unpaired) electrons. The Balaban J connectivity index is 2.92. The first-order valence-electron chi connectivity index (χ1n) is 7.80. The van der Waals surface area contributed by atoms with Gasteiger partial charge >= 0.3 is 0 Å². The second-order valence-corrected chi connectivity index (χ2v) is 5.33. The average molecular weight is 294 g/mol. The highest BCUT2D eigenvalue weighted by Gasteiger charge is 2.18. The molecule has 0 spiro atoms. The predicted molar refractivity (Wildman–Crippen MR) is 88.4 cm³/mol. The second-order valence-electron chi connectivity index (χ2n) is 5.33. The Labute approximate surface area is 129 Å². The van der Waals surface area contributed by atoms with Crippen LogP contribution in [-0.2, 0) is 0 Å². The van der Waals surface area contributed by atoms with Gasteiger partial charge in [0.1, 0.15) is 11.5 Å². The zero-order chi connectivity index (χ0) is 15.7. The molecule has 1 rings (SSSR count). The molecule has 0 amide bonds. The van der Waals surface area contributed by atoms with Crippen LogP contribution in [0.2, 0.25) is 0 Å². The van der Waals surface area contributed by atoms with Gasteiger partial charge in [0.05, 0.1) is 14.2 Å². The van der Waals surface area contributed by atoms with Crippen molar-refractivity contribution < 1.29 is 9.47 Å². The van der Waals surface area contributed by atoms with Crippen molar-refractivity contribution in [2.24, 2.45) is 0 Å². The molecule has 0 saturated heterocycles. The molecular weight excluding hydrogens is 264 g/mol. The molecule has 0 heterocycles. The molecular formula is C17H30N2O2. The highest BCUT2D eigenvalue weighted by Crippen LogP contribution is 2.29. The molecule has 21 heavy (non-hydrogen) atoms. The Morgan fingerprint density at radius 2 is 1.95 bits per heavy atom. The lowest BCUT2D eigenvalue weighted by atomic mass is 10.0. The van der Waals surface area contributed by atoms with Crippen molar-refractivity contribution >= 4 is 0 Å². The molecule has 0 aliphatic carbocycles. The van der Waals surface area contributed by atoms with Crippen molar-refractivity contribution in [3.8, 4) is 11.5 Å². The molecule has 4 nitrogen and oxygen atoms in total. The van der Waals surface area contributed by atoms with Gasteiger partial charge in [-0.15, -0.1) is 0 Å². The maximum atomic E-state index is 5.52. The lowest BCUT2D eigenvalue weighted by molar-refractivity contribution is 0.283. The maximum Gasteiger partial charge on any atom is 0.123 e. The van der Waals surface area contributed by atoms with Gasteiger partial charge in [-0.1, -0.05) is 20.3 Å². The minimum atomic E-state index is 0.238. The van der Waals surface area contributed by atoms with Crippen LogP contribution in [-0.4, -0.2) is 45.8 Å². The van der Waals surface area contributed by atoms with E-state index in [0.717, 1.165) is 36.7 Å². The summed E-state index contributed by atoms with van der Waals surface area (Å²) in [4.78, 5) is 2.37. The molecule has 1 unspecified atom stereocenters. The lowest BCUT2D eigenvalue weighted by Gasteiger charge is -2.26. The number of unbranched alkanes of at least 4 members (excludes halogenated alkanes) is 1. The van der Waals surface area contributed by atoms with Gasteiger partial charge in [0.15, 0.2) is 0 Å². The number of hydrogen-bond donors (Lipinski definition) is 1. The molecule has 1 aromatic rings. The van der Waals surface area contributed by atoms with E-state index in [0.29, 0.717) is 0 Å². The van der Waals surface area contributed by atoms with Crippen LogP contribution in [0.1, 0.15) is 38.3 Å². The summed E-state index contributed by atoms with van der Waals surface area (Å²) in [5.41, 5.74) is 1.15. The number of methoxy groups -OCH3 is 2. The number of benzene rings is 1. The number of likely N-dealkylation sites (N-methyl/N-ethyl adjacent to an activating group) is 2. The Kier molecular flexibility index (Phi) is 8.16. The molecule has 0 saturated carbocycles. The lowest BCUT2D eigenvalue weighted by Crippen LogP contribution is -2.33. The smallest absolute Gasteiger partial charge is 0.123 e. The monoisotopic (exact) mass is 294 g/mol. The van der Waals surface area contributed by atoms with Crippen LogP contribution in [0.25, 0.3) is 0 Å². The maximum absolute atomic E-state index is 5.52. The van der Waals surface area contributed by atoms with E-state index in [2.05, 4.69) is 37.2 Å². The van der Waals surface area contributed by atoms with Crippen molar-refractivity contribution in [2.45, 2.75) is 32.7 Å². The Morgan fingerprint density at radius 3 is 2.52 bits per heavy atom. The second kappa shape index (κ2) is 9.64. The van der Waals surface area contributed by atoms with E-state index >= 15 is 0 Å². The number of rotatable bonds is 10. The fourth-order valence-corrected chi connectivity index (χ4v) is 2.46. The Bertz CT molecular complexity index is 410. The van der Waals surface area contributed by atoms with Crippen molar-refractivity contribution in [1.29, 1.82) is 0 Å². The van der Waals surface area contributed by atoms with Gasteiger partial charge in [-0.2, -0.15) is 0 Å². The first-order chi connectivity index (χ1) is 10.2. The van der Waals surface area contributed by atoms with Gasteiger partial charge in [-0.05, 0) is 44.8 Å². The third-order valence-corrected chi connectivity index (χ3v) is 3.65. The molecule has 1 atom stereocenters. The summed E-state index contributed by atoms with van der Waals surface area (Å²) in [5, 5.41) is 3.56. The van der Waals surface area contributed by atoms with Gasteiger partial charge in [0.25, 0.3) is 0 Å². The van der Waals surface area contributed by atoms with Crippen molar-refractivity contribution in [1.82, 2.24) is 10.2 Å². The van der Waals surface area contributed by atoms with Crippen LogP contribution in [0, 0.1) is 0 Å². The van der Waals surface area contributed by atoms with E-state index in [1.54, 1.807) is 14.2 Å². The normalized spacial score (nSPS) is 12.5. The SMILES string of the molecule is CCCCN(C)CC(NCC)c1cc(OC)ccc1OC. The standard InChI is InChI=1S/C17H30N2O2/c1-6-8-11-19(3)13-16(18-7-2)15-12-14(20-4)9-10-17(15)21-5/h9-10,12,16,18H,6-8,11,13H2,1-5H3. The van der Waals surface area contributed by atoms with Gasteiger partial charge in [0, 0.05) is 18.2 Å². The molecule has 0 aliphatic heterocycles.